The van der Waals surface area contributed by atoms with Crippen molar-refractivity contribution in [3.8, 4) is 0 Å². The van der Waals surface area contributed by atoms with E-state index < -0.39 is 0 Å². The fraction of sp³-hybridized carbons (Fsp3) is 0.769. The van der Waals surface area contributed by atoms with Crippen molar-refractivity contribution in [2.24, 2.45) is 0 Å². The van der Waals surface area contributed by atoms with E-state index in [1.54, 1.807) is 7.11 Å². The maximum atomic E-state index is 5.39. The van der Waals surface area contributed by atoms with Crippen molar-refractivity contribution in [3.05, 3.63) is 17.5 Å². The molecule has 1 rings (SSSR count). The van der Waals surface area contributed by atoms with Crippen LogP contribution in [0.25, 0.3) is 0 Å². The number of aromatic nitrogens is 2. The van der Waals surface area contributed by atoms with E-state index >= 15 is 0 Å². The second-order valence-corrected chi connectivity index (χ2v) is 3.98. The number of methoxy groups -OCH3 is 1. The van der Waals surface area contributed by atoms with Crippen molar-refractivity contribution in [2.75, 3.05) is 33.7 Å². The van der Waals surface area contributed by atoms with Crippen LogP contribution in [0.15, 0.2) is 6.07 Å². The van der Waals surface area contributed by atoms with E-state index in [9.17, 15) is 0 Å². The normalized spacial score (nSPS) is 11.1. The molecule has 0 aromatic carbocycles. The molecule has 0 spiro atoms. The average molecular weight is 256 g/mol. The van der Waals surface area contributed by atoms with Crippen LogP contribution in [0.3, 0.4) is 0 Å². The Morgan fingerprint density at radius 3 is 2.56 bits per heavy atom. The largest absolute Gasteiger partial charge is 0.382 e. The number of ether oxygens (including phenoxy) is 3. The van der Waals surface area contributed by atoms with Gasteiger partial charge >= 0.3 is 0 Å². The predicted octanol–water partition coefficient (Wildman–Crippen LogP) is 1.64. The molecule has 0 saturated heterocycles. The summed E-state index contributed by atoms with van der Waals surface area (Å²) >= 11 is 0. The number of hydrogen-bond acceptors (Lipinski definition) is 4. The van der Waals surface area contributed by atoms with E-state index in [0.29, 0.717) is 26.6 Å². The van der Waals surface area contributed by atoms with Gasteiger partial charge in [-0.1, -0.05) is 13.8 Å². The highest BCUT2D eigenvalue weighted by molar-refractivity contribution is 5.10. The van der Waals surface area contributed by atoms with Crippen LogP contribution in [0.2, 0.25) is 0 Å². The first-order chi connectivity index (χ1) is 8.81. The van der Waals surface area contributed by atoms with Crippen LogP contribution in [0.1, 0.15) is 25.2 Å². The average Bonchev–Trinajstić information content (AvgIpc) is 2.80. The highest BCUT2D eigenvalue weighted by atomic mass is 16.7. The quantitative estimate of drug-likeness (QED) is 0.471. The second-order valence-electron chi connectivity index (χ2n) is 3.98. The first kappa shape index (κ1) is 15.1. The Bertz CT molecular complexity index is 326. The van der Waals surface area contributed by atoms with Crippen molar-refractivity contribution < 1.29 is 14.2 Å². The smallest absolute Gasteiger partial charge is 0.146 e. The molecule has 0 fully saturated rings. The third kappa shape index (κ3) is 5.16. The molecule has 0 N–H and O–H groups in total. The van der Waals surface area contributed by atoms with Gasteiger partial charge in [-0.15, -0.1) is 0 Å². The Hall–Kier alpha value is -0.910. The Morgan fingerprint density at radius 1 is 1.11 bits per heavy atom. The third-order valence-corrected chi connectivity index (χ3v) is 2.68. The summed E-state index contributed by atoms with van der Waals surface area (Å²) in [6, 6.07) is 2.16. The van der Waals surface area contributed by atoms with Crippen molar-refractivity contribution in [3.63, 3.8) is 0 Å². The van der Waals surface area contributed by atoms with Gasteiger partial charge in [-0.25, -0.2) is 0 Å². The lowest BCUT2D eigenvalue weighted by Crippen LogP contribution is -2.13. The molecule has 0 atom stereocenters. The lowest BCUT2D eigenvalue weighted by molar-refractivity contribution is -0.0679. The molecule has 104 valence electrons. The van der Waals surface area contributed by atoms with Gasteiger partial charge in [-0.2, -0.15) is 5.10 Å². The third-order valence-electron chi connectivity index (χ3n) is 2.68. The number of nitrogens with zero attached hydrogens (tertiary/aromatic N) is 2. The van der Waals surface area contributed by atoms with E-state index in [2.05, 4.69) is 25.0 Å². The minimum atomic E-state index is 0.312. The minimum absolute atomic E-state index is 0.312. The molecular formula is C13H24N2O3. The van der Waals surface area contributed by atoms with Gasteiger partial charge in [-0.3, -0.25) is 4.68 Å². The maximum absolute atomic E-state index is 5.39. The molecule has 0 saturated carbocycles. The summed E-state index contributed by atoms with van der Waals surface area (Å²) in [7, 11) is 1.65. The summed E-state index contributed by atoms with van der Waals surface area (Å²) < 4.78 is 17.5. The first-order valence-corrected chi connectivity index (χ1v) is 6.51. The maximum Gasteiger partial charge on any atom is 0.146 e. The number of hydrogen-bond donors (Lipinski definition) is 0. The summed E-state index contributed by atoms with van der Waals surface area (Å²) in [5, 5.41) is 4.52. The van der Waals surface area contributed by atoms with E-state index in [0.717, 1.165) is 25.1 Å². The molecule has 0 aliphatic rings. The highest BCUT2D eigenvalue weighted by Gasteiger charge is 2.04. The molecule has 1 aromatic heterocycles. The molecule has 5 heteroatoms. The monoisotopic (exact) mass is 256 g/mol. The molecule has 0 unspecified atom stereocenters. The van der Waals surface area contributed by atoms with Crippen LogP contribution in [-0.4, -0.2) is 43.5 Å². The Balaban J connectivity index is 2.20. The number of aryl methyl sites for hydroxylation is 2. The first-order valence-electron chi connectivity index (χ1n) is 6.51. The summed E-state index contributed by atoms with van der Waals surface area (Å²) in [5.74, 6) is 0. The van der Waals surface area contributed by atoms with E-state index in [1.165, 1.54) is 5.69 Å². The lowest BCUT2D eigenvalue weighted by atomic mass is 10.3. The summed E-state index contributed by atoms with van der Waals surface area (Å²) in [4.78, 5) is 0. The lowest BCUT2D eigenvalue weighted by Gasteiger charge is -2.07. The van der Waals surface area contributed by atoms with Gasteiger partial charge < -0.3 is 14.2 Å². The molecule has 1 heterocycles. The van der Waals surface area contributed by atoms with Crippen LogP contribution in [0, 0.1) is 0 Å². The van der Waals surface area contributed by atoms with E-state index in [1.807, 2.05) is 4.68 Å². The second kappa shape index (κ2) is 9.08. The predicted molar refractivity (Wildman–Crippen MR) is 69.6 cm³/mol. The molecule has 0 aliphatic heterocycles. The fourth-order valence-corrected chi connectivity index (χ4v) is 1.64. The van der Waals surface area contributed by atoms with Crippen LogP contribution < -0.4 is 0 Å². The van der Waals surface area contributed by atoms with Gasteiger partial charge in [0.1, 0.15) is 6.79 Å². The molecular weight excluding hydrogens is 232 g/mol. The standard InChI is InChI=1S/C13H24N2O3/c1-4-12-10-13(5-2)15(14-12)6-7-17-11-18-9-8-16-3/h10H,4-9,11H2,1-3H3. The van der Waals surface area contributed by atoms with Crippen molar-refractivity contribution in [1.29, 1.82) is 0 Å². The molecule has 0 radical (unpaired) electrons. The highest BCUT2D eigenvalue weighted by Crippen LogP contribution is 2.06. The van der Waals surface area contributed by atoms with Crippen molar-refractivity contribution >= 4 is 0 Å². The van der Waals surface area contributed by atoms with E-state index in [4.69, 9.17) is 14.2 Å². The summed E-state index contributed by atoms with van der Waals surface area (Å²) in [6.07, 6.45) is 1.97. The topological polar surface area (TPSA) is 45.5 Å². The van der Waals surface area contributed by atoms with Crippen LogP contribution in [-0.2, 0) is 33.6 Å². The Morgan fingerprint density at radius 2 is 1.89 bits per heavy atom. The van der Waals surface area contributed by atoms with Crippen LogP contribution >= 0.6 is 0 Å². The van der Waals surface area contributed by atoms with Crippen LogP contribution in [0.5, 0.6) is 0 Å². The SMILES string of the molecule is CCc1cc(CC)n(CCOCOCCOC)n1. The molecule has 0 amide bonds. The molecule has 5 nitrogen and oxygen atoms in total. The van der Waals surface area contributed by atoms with E-state index in [-0.39, 0.29) is 0 Å². The van der Waals surface area contributed by atoms with Gasteiger partial charge in [0.2, 0.25) is 0 Å². The Labute approximate surface area is 109 Å². The van der Waals surface area contributed by atoms with Gasteiger partial charge in [-0.05, 0) is 18.9 Å². The van der Waals surface area contributed by atoms with Crippen molar-refractivity contribution in [2.45, 2.75) is 33.2 Å². The molecule has 18 heavy (non-hydrogen) atoms. The zero-order valence-electron chi connectivity index (χ0n) is 11.6. The Kier molecular flexibility index (Phi) is 7.64. The van der Waals surface area contributed by atoms with Gasteiger partial charge in [0.25, 0.3) is 0 Å². The minimum Gasteiger partial charge on any atom is -0.382 e. The molecule has 1 aromatic rings. The fourth-order valence-electron chi connectivity index (χ4n) is 1.64. The van der Waals surface area contributed by atoms with Gasteiger partial charge in [0.05, 0.1) is 32.1 Å². The number of rotatable bonds is 10. The van der Waals surface area contributed by atoms with Gasteiger partial charge in [0, 0.05) is 12.8 Å². The summed E-state index contributed by atoms with van der Waals surface area (Å²) in [6.45, 7) is 7.13. The zero-order valence-corrected chi connectivity index (χ0v) is 11.6. The van der Waals surface area contributed by atoms with Crippen molar-refractivity contribution in [1.82, 2.24) is 9.78 Å². The molecule has 0 aliphatic carbocycles. The van der Waals surface area contributed by atoms with Crippen LogP contribution in [0.4, 0.5) is 0 Å². The van der Waals surface area contributed by atoms with Gasteiger partial charge in [0.15, 0.2) is 0 Å². The zero-order chi connectivity index (χ0) is 13.2. The molecule has 0 bridgehead atoms. The summed E-state index contributed by atoms with van der Waals surface area (Å²) in [5.41, 5.74) is 2.40.